The molecule has 3 heterocycles. The van der Waals surface area contributed by atoms with Crippen LogP contribution in [0.4, 0.5) is 0 Å². The summed E-state index contributed by atoms with van der Waals surface area (Å²) in [6.45, 7) is 11.8. The van der Waals surface area contributed by atoms with E-state index in [1.165, 1.54) is 12.8 Å². The minimum Gasteiger partial charge on any atom is -0.458 e. The molecular formula is C28H38N2O6. The molecule has 2 aromatic rings. The highest BCUT2D eigenvalue weighted by Crippen LogP contribution is 2.27. The summed E-state index contributed by atoms with van der Waals surface area (Å²) in [5, 5.41) is 0. The molecule has 0 saturated carbocycles. The molecule has 0 bridgehead atoms. The van der Waals surface area contributed by atoms with Crippen molar-refractivity contribution in [1.82, 2.24) is 9.97 Å². The van der Waals surface area contributed by atoms with Gasteiger partial charge in [-0.25, -0.2) is 19.6 Å². The van der Waals surface area contributed by atoms with Gasteiger partial charge in [0.1, 0.15) is 23.7 Å². The molecule has 8 heteroatoms. The zero-order chi connectivity index (χ0) is 26.2. The van der Waals surface area contributed by atoms with Gasteiger partial charge >= 0.3 is 11.9 Å². The van der Waals surface area contributed by atoms with Gasteiger partial charge in [0.05, 0.1) is 12.4 Å². The summed E-state index contributed by atoms with van der Waals surface area (Å²) in [6.07, 6.45) is 11.4. The molecule has 0 N–H and O–H groups in total. The number of ether oxygens (including phenoxy) is 2. The lowest BCUT2D eigenvalue weighted by Crippen LogP contribution is -2.30. The van der Waals surface area contributed by atoms with Crippen molar-refractivity contribution in [2.75, 3.05) is 0 Å². The van der Waals surface area contributed by atoms with Crippen LogP contribution in [-0.4, -0.2) is 34.1 Å². The van der Waals surface area contributed by atoms with Gasteiger partial charge in [-0.1, -0.05) is 39.8 Å². The lowest BCUT2D eigenvalue weighted by atomic mass is 9.88. The van der Waals surface area contributed by atoms with E-state index in [1.807, 2.05) is 39.8 Å². The first kappa shape index (κ1) is 27.4. The number of allylic oxidation sites excluding steroid dienone is 2. The fourth-order valence-corrected chi connectivity index (χ4v) is 4.86. The maximum Gasteiger partial charge on any atom is 0.333 e. The summed E-state index contributed by atoms with van der Waals surface area (Å²) in [5.41, 5.74) is 1.12. The van der Waals surface area contributed by atoms with E-state index < -0.39 is 0 Å². The van der Waals surface area contributed by atoms with Crippen LogP contribution in [-0.2, 0) is 31.9 Å². The van der Waals surface area contributed by atoms with E-state index in [-0.39, 0.29) is 47.8 Å². The zero-order valence-electron chi connectivity index (χ0n) is 22.1. The number of oxazole rings is 2. The SMILES string of the molecule is CC1=C[C@H](C)C[C@@H](C)[C@@H](Cc2cnco2)OC(=O)C(C)=C[C@@H](C)C[C@@H](C)[C@H](Cc2cnco2)OC1=O. The molecule has 1 aliphatic rings. The number of carbonyl (C=O) groups excluding carboxylic acids is 2. The first-order valence-corrected chi connectivity index (χ1v) is 12.7. The van der Waals surface area contributed by atoms with E-state index in [2.05, 4.69) is 9.97 Å². The highest BCUT2D eigenvalue weighted by Gasteiger charge is 2.28. The Bertz CT molecular complexity index is 956. The van der Waals surface area contributed by atoms with Crippen molar-refractivity contribution in [3.05, 3.63) is 60.0 Å². The molecule has 0 spiro atoms. The first-order valence-electron chi connectivity index (χ1n) is 12.7. The molecule has 36 heavy (non-hydrogen) atoms. The van der Waals surface area contributed by atoms with Gasteiger partial charge in [0, 0.05) is 24.0 Å². The predicted molar refractivity (Wildman–Crippen MR) is 134 cm³/mol. The van der Waals surface area contributed by atoms with E-state index in [4.69, 9.17) is 18.3 Å². The van der Waals surface area contributed by atoms with Crippen molar-refractivity contribution >= 4 is 11.9 Å². The average Bonchev–Trinajstić information content (AvgIpc) is 3.51. The summed E-state index contributed by atoms with van der Waals surface area (Å²) >= 11 is 0. The van der Waals surface area contributed by atoms with Gasteiger partial charge in [0.15, 0.2) is 12.8 Å². The second-order valence-corrected chi connectivity index (χ2v) is 10.3. The van der Waals surface area contributed by atoms with Crippen molar-refractivity contribution in [2.24, 2.45) is 23.7 Å². The van der Waals surface area contributed by atoms with Crippen molar-refractivity contribution in [3.8, 4) is 0 Å². The number of hydrogen-bond donors (Lipinski definition) is 0. The van der Waals surface area contributed by atoms with Crippen LogP contribution in [0.25, 0.3) is 0 Å². The Morgan fingerprint density at radius 1 is 0.722 bits per heavy atom. The Balaban J connectivity index is 1.87. The quantitative estimate of drug-likeness (QED) is 0.509. The van der Waals surface area contributed by atoms with Crippen molar-refractivity contribution < 1.29 is 27.9 Å². The van der Waals surface area contributed by atoms with E-state index >= 15 is 0 Å². The number of nitrogens with zero attached hydrogens (tertiary/aromatic N) is 2. The maximum absolute atomic E-state index is 13.0. The fourth-order valence-electron chi connectivity index (χ4n) is 4.86. The number of hydrogen-bond acceptors (Lipinski definition) is 8. The Labute approximate surface area is 213 Å². The fraction of sp³-hybridized carbons (Fsp3) is 0.571. The number of carbonyl (C=O) groups is 2. The van der Waals surface area contributed by atoms with E-state index in [0.29, 0.717) is 48.3 Å². The normalized spacial score (nSPS) is 29.2. The predicted octanol–water partition coefficient (Wildman–Crippen LogP) is 5.50. The summed E-state index contributed by atoms with van der Waals surface area (Å²) in [4.78, 5) is 34.0. The highest BCUT2D eigenvalue weighted by molar-refractivity contribution is 5.88. The van der Waals surface area contributed by atoms with Gasteiger partial charge in [0.25, 0.3) is 0 Å². The third-order valence-corrected chi connectivity index (χ3v) is 6.76. The third-order valence-electron chi connectivity index (χ3n) is 6.76. The summed E-state index contributed by atoms with van der Waals surface area (Å²) in [5.74, 6) is 0.843. The van der Waals surface area contributed by atoms with Gasteiger partial charge in [-0.3, -0.25) is 0 Å². The summed E-state index contributed by atoms with van der Waals surface area (Å²) in [7, 11) is 0. The smallest absolute Gasteiger partial charge is 0.333 e. The maximum atomic E-state index is 13.0. The van der Waals surface area contributed by atoms with Gasteiger partial charge in [-0.15, -0.1) is 0 Å². The van der Waals surface area contributed by atoms with Gasteiger partial charge in [-0.2, -0.15) is 0 Å². The van der Waals surface area contributed by atoms with Crippen LogP contribution in [0, 0.1) is 23.7 Å². The van der Waals surface area contributed by atoms with Crippen LogP contribution >= 0.6 is 0 Å². The van der Waals surface area contributed by atoms with E-state index in [0.717, 1.165) is 0 Å². The molecule has 196 valence electrons. The molecule has 0 aromatic carbocycles. The molecule has 0 saturated heterocycles. The largest absolute Gasteiger partial charge is 0.458 e. The molecule has 0 fully saturated rings. The molecule has 0 aliphatic carbocycles. The number of esters is 2. The summed E-state index contributed by atoms with van der Waals surface area (Å²) < 4.78 is 22.8. The van der Waals surface area contributed by atoms with Crippen molar-refractivity contribution in [2.45, 2.75) is 79.4 Å². The molecular weight excluding hydrogens is 460 g/mol. The lowest BCUT2D eigenvalue weighted by Gasteiger charge is -2.27. The monoisotopic (exact) mass is 498 g/mol. The topological polar surface area (TPSA) is 105 Å². The molecule has 0 amide bonds. The van der Waals surface area contributed by atoms with Crippen LogP contribution in [0.5, 0.6) is 0 Å². The number of rotatable bonds is 4. The Morgan fingerprint density at radius 3 is 1.44 bits per heavy atom. The third kappa shape index (κ3) is 7.93. The molecule has 0 radical (unpaired) electrons. The second-order valence-electron chi connectivity index (χ2n) is 10.3. The Morgan fingerprint density at radius 2 is 1.11 bits per heavy atom. The minimum absolute atomic E-state index is 0.0199. The van der Waals surface area contributed by atoms with Crippen LogP contribution in [0.3, 0.4) is 0 Å². The highest BCUT2D eigenvalue weighted by atomic mass is 16.5. The molecule has 8 nitrogen and oxygen atoms in total. The van der Waals surface area contributed by atoms with Crippen molar-refractivity contribution in [1.29, 1.82) is 0 Å². The molecule has 3 rings (SSSR count). The van der Waals surface area contributed by atoms with Gasteiger partial charge in [-0.05, 0) is 50.4 Å². The lowest BCUT2D eigenvalue weighted by molar-refractivity contribution is -0.147. The van der Waals surface area contributed by atoms with Crippen LogP contribution in [0.2, 0.25) is 0 Å². The van der Waals surface area contributed by atoms with Crippen molar-refractivity contribution in [3.63, 3.8) is 0 Å². The standard InChI is InChI=1S/C28H38N2O6/c1-17-7-19(3)25(11-23-13-29-15-33-23)35-28(32)22(6)10-18(2)8-20(4)26(12-24-14-30-16-34-24)36-27(31)21(5)9-17/h9-10,13-20,25-26H,7-8,11-12H2,1-6H3/t17-,18+,19-,20-,25-,26+/m1/s1. The number of cyclic esters (lactones) is 2. The Kier molecular flexibility index (Phi) is 9.67. The van der Waals surface area contributed by atoms with E-state index in [1.54, 1.807) is 26.2 Å². The first-order chi connectivity index (χ1) is 17.1. The molecule has 6 atom stereocenters. The minimum atomic E-state index is -0.384. The Hall–Kier alpha value is -3.16. The van der Waals surface area contributed by atoms with Crippen LogP contribution < -0.4 is 0 Å². The zero-order valence-corrected chi connectivity index (χ0v) is 22.1. The van der Waals surface area contributed by atoms with E-state index in [9.17, 15) is 9.59 Å². The number of aromatic nitrogens is 2. The van der Waals surface area contributed by atoms with Crippen LogP contribution in [0.1, 0.15) is 65.9 Å². The average molecular weight is 499 g/mol. The molecule has 0 unspecified atom stereocenters. The molecule has 1 aliphatic heterocycles. The summed E-state index contributed by atoms with van der Waals surface area (Å²) in [6, 6.07) is 0. The van der Waals surface area contributed by atoms with Gasteiger partial charge < -0.3 is 18.3 Å². The second kappa shape index (κ2) is 12.7. The molecule has 2 aromatic heterocycles. The van der Waals surface area contributed by atoms with Gasteiger partial charge in [0.2, 0.25) is 0 Å². The van der Waals surface area contributed by atoms with Crippen LogP contribution in [0.15, 0.2) is 57.3 Å².